The van der Waals surface area contributed by atoms with Crippen LogP contribution in [0.3, 0.4) is 0 Å². The van der Waals surface area contributed by atoms with Gasteiger partial charge in [-0.15, -0.1) is 0 Å². The van der Waals surface area contributed by atoms with Crippen LogP contribution < -0.4 is 4.90 Å². The molecule has 4 heteroatoms. The fraction of sp³-hybridized carbons (Fsp3) is 0.750. The average molecular weight is 225 g/mol. The number of aryl methyl sites for hydroxylation is 1. The molecule has 0 spiro atoms. The number of anilines is 1. The molecule has 0 N–H and O–H groups in total. The molecule has 2 heterocycles. The molecule has 0 saturated carbocycles. The van der Waals surface area contributed by atoms with Gasteiger partial charge in [0.2, 0.25) is 0 Å². The van der Waals surface area contributed by atoms with Crippen molar-refractivity contribution in [1.29, 1.82) is 0 Å². The van der Waals surface area contributed by atoms with Gasteiger partial charge in [0.15, 0.2) is 11.6 Å². The Balaban J connectivity index is 2.01. The summed E-state index contributed by atoms with van der Waals surface area (Å²) in [6, 6.07) is 0. The summed E-state index contributed by atoms with van der Waals surface area (Å²) in [5, 5.41) is 4.17. The van der Waals surface area contributed by atoms with Gasteiger partial charge in [0.25, 0.3) is 0 Å². The number of rotatable bonds is 2. The predicted molar refractivity (Wildman–Crippen MR) is 62.9 cm³/mol. The summed E-state index contributed by atoms with van der Waals surface area (Å²) in [5.74, 6) is 1.83. The molecule has 0 aromatic carbocycles. The lowest BCUT2D eigenvalue weighted by atomic mass is 9.87. The zero-order chi connectivity index (χ0) is 11.7. The lowest BCUT2D eigenvalue weighted by Crippen LogP contribution is -2.36. The van der Waals surface area contributed by atoms with E-state index < -0.39 is 0 Å². The van der Waals surface area contributed by atoms with Crippen LogP contribution in [-0.4, -0.2) is 22.9 Å². The van der Waals surface area contributed by atoms with Gasteiger partial charge >= 0.3 is 0 Å². The van der Waals surface area contributed by atoms with Crippen LogP contribution in [0.5, 0.6) is 0 Å². The highest BCUT2D eigenvalue weighted by atomic mass is 19.1. The molecule has 2 rings (SSSR count). The van der Waals surface area contributed by atoms with Gasteiger partial charge in [0, 0.05) is 20.1 Å². The molecule has 1 saturated heterocycles. The van der Waals surface area contributed by atoms with Crippen LogP contribution in [0.25, 0.3) is 0 Å². The van der Waals surface area contributed by atoms with Crippen molar-refractivity contribution < 1.29 is 4.39 Å². The van der Waals surface area contributed by atoms with Crippen molar-refractivity contribution in [3.8, 4) is 0 Å². The third-order valence-electron chi connectivity index (χ3n) is 3.55. The predicted octanol–water partition coefficient (Wildman–Crippen LogP) is 2.43. The summed E-state index contributed by atoms with van der Waals surface area (Å²) in [7, 11) is 1.76. The van der Waals surface area contributed by atoms with Gasteiger partial charge in [-0.2, -0.15) is 5.10 Å². The minimum Gasteiger partial charge on any atom is -0.353 e. The highest BCUT2D eigenvalue weighted by Crippen LogP contribution is 2.27. The topological polar surface area (TPSA) is 21.1 Å². The molecular formula is C12H20FN3. The maximum absolute atomic E-state index is 13.5. The Morgan fingerprint density at radius 2 is 2.00 bits per heavy atom. The van der Waals surface area contributed by atoms with Gasteiger partial charge in [-0.05, 0) is 24.7 Å². The largest absolute Gasteiger partial charge is 0.353 e. The van der Waals surface area contributed by atoms with Gasteiger partial charge < -0.3 is 4.90 Å². The van der Waals surface area contributed by atoms with Gasteiger partial charge in [0.1, 0.15) is 0 Å². The van der Waals surface area contributed by atoms with E-state index >= 15 is 0 Å². The van der Waals surface area contributed by atoms with Crippen molar-refractivity contribution in [2.75, 3.05) is 18.0 Å². The van der Waals surface area contributed by atoms with E-state index in [-0.39, 0.29) is 5.82 Å². The summed E-state index contributed by atoms with van der Waals surface area (Å²) in [6.45, 7) is 6.39. The molecule has 1 fully saturated rings. The van der Waals surface area contributed by atoms with Gasteiger partial charge in [-0.25, -0.2) is 4.39 Å². The summed E-state index contributed by atoms with van der Waals surface area (Å²) in [5.41, 5.74) is 0. The van der Waals surface area contributed by atoms with Crippen LogP contribution >= 0.6 is 0 Å². The zero-order valence-electron chi connectivity index (χ0n) is 10.3. The van der Waals surface area contributed by atoms with Crippen LogP contribution in [0.2, 0.25) is 0 Å². The fourth-order valence-corrected chi connectivity index (χ4v) is 2.44. The molecule has 1 aliphatic rings. The Labute approximate surface area is 96.2 Å². The van der Waals surface area contributed by atoms with E-state index in [0.29, 0.717) is 5.82 Å². The molecule has 0 radical (unpaired) electrons. The SMILES string of the molecule is CC(C)C1CCN(c2nn(C)cc2F)CC1. The van der Waals surface area contributed by atoms with Crippen LogP contribution in [0.15, 0.2) is 6.20 Å². The number of halogens is 1. The third-order valence-corrected chi connectivity index (χ3v) is 3.55. The molecule has 1 aromatic heterocycles. The number of nitrogens with zero attached hydrogens (tertiary/aromatic N) is 3. The van der Waals surface area contributed by atoms with E-state index in [0.717, 1.165) is 37.8 Å². The molecule has 0 atom stereocenters. The van der Waals surface area contributed by atoms with Crippen LogP contribution in [-0.2, 0) is 7.05 Å². The second kappa shape index (κ2) is 4.44. The number of piperidine rings is 1. The van der Waals surface area contributed by atoms with Crippen molar-refractivity contribution in [2.24, 2.45) is 18.9 Å². The van der Waals surface area contributed by atoms with E-state index in [4.69, 9.17) is 0 Å². The van der Waals surface area contributed by atoms with Crippen molar-refractivity contribution in [1.82, 2.24) is 9.78 Å². The molecule has 1 aliphatic heterocycles. The van der Waals surface area contributed by atoms with Crippen molar-refractivity contribution in [3.05, 3.63) is 12.0 Å². The van der Waals surface area contributed by atoms with Crippen LogP contribution in [0, 0.1) is 17.7 Å². The first-order valence-electron chi connectivity index (χ1n) is 6.02. The van der Waals surface area contributed by atoms with Gasteiger partial charge in [-0.3, -0.25) is 4.68 Å². The number of hydrogen-bond acceptors (Lipinski definition) is 2. The standard InChI is InChI=1S/C12H20FN3/c1-9(2)10-4-6-16(7-5-10)12-11(13)8-15(3)14-12/h8-10H,4-7H2,1-3H3. The van der Waals surface area contributed by atoms with Gasteiger partial charge in [-0.1, -0.05) is 13.8 Å². The summed E-state index contributed by atoms with van der Waals surface area (Å²) < 4.78 is 15.1. The molecule has 0 amide bonds. The van der Waals surface area contributed by atoms with E-state index in [9.17, 15) is 4.39 Å². The highest BCUT2D eigenvalue weighted by molar-refractivity contribution is 5.39. The second-order valence-corrected chi connectivity index (χ2v) is 5.04. The molecule has 16 heavy (non-hydrogen) atoms. The summed E-state index contributed by atoms with van der Waals surface area (Å²) >= 11 is 0. The average Bonchev–Trinajstić information content (AvgIpc) is 2.58. The Morgan fingerprint density at radius 1 is 1.38 bits per heavy atom. The van der Waals surface area contributed by atoms with E-state index in [1.54, 1.807) is 11.7 Å². The van der Waals surface area contributed by atoms with Crippen molar-refractivity contribution in [2.45, 2.75) is 26.7 Å². The summed E-state index contributed by atoms with van der Waals surface area (Å²) in [6.07, 6.45) is 3.73. The number of aromatic nitrogens is 2. The highest BCUT2D eigenvalue weighted by Gasteiger charge is 2.24. The lowest BCUT2D eigenvalue weighted by molar-refractivity contribution is 0.309. The number of hydrogen-bond donors (Lipinski definition) is 0. The first kappa shape index (κ1) is 11.4. The van der Waals surface area contributed by atoms with Crippen molar-refractivity contribution >= 4 is 5.82 Å². The molecule has 1 aromatic rings. The molecular weight excluding hydrogens is 205 g/mol. The molecule has 0 aliphatic carbocycles. The third kappa shape index (κ3) is 2.20. The normalized spacial score (nSPS) is 18.4. The lowest BCUT2D eigenvalue weighted by Gasteiger charge is -2.33. The Kier molecular flexibility index (Phi) is 3.17. The zero-order valence-corrected chi connectivity index (χ0v) is 10.3. The molecule has 0 unspecified atom stereocenters. The minimum absolute atomic E-state index is 0.203. The van der Waals surface area contributed by atoms with E-state index in [2.05, 4.69) is 23.8 Å². The minimum atomic E-state index is -0.203. The van der Waals surface area contributed by atoms with E-state index in [1.807, 2.05) is 0 Å². The van der Waals surface area contributed by atoms with Gasteiger partial charge in [0.05, 0.1) is 6.20 Å². The fourth-order valence-electron chi connectivity index (χ4n) is 2.44. The van der Waals surface area contributed by atoms with Crippen LogP contribution in [0.1, 0.15) is 26.7 Å². The maximum Gasteiger partial charge on any atom is 0.186 e. The molecule has 3 nitrogen and oxygen atoms in total. The van der Waals surface area contributed by atoms with E-state index in [1.165, 1.54) is 6.20 Å². The molecule has 90 valence electrons. The monoisotopic (exact) mass is 225 g/mol. The Bertz CT molecular complexity index is 351. The quantitative estimate of drug-likeness (QED) is 0.770. The Hall–Kier alpha value is -1.06. The first-order valence-corrected chi connectivity index (χ1v) is 6.02. The second-order valence-electron chi connectivity index (χ2n) is 5.04. The van der Waals surface area contributed by atoms with Crippen molar-refractivity contribution in [3.63, 3.8) is 0 Å². The first-order chi connectivity index (χ1) is 7.58. The summed E-state index contributed by atoms with van der Waals surface area (Å²) in [4.78, 5) is 2.06. The molecule has 0 bridgehead atoms. The van der Waals surface area contributed by atoms with Crippen LogP contribution in [0.4, 0.5) is 10.2 Å². The Morgan fingerprint density at radius 3 is 2.44 bits per heavy atom. The smallest absolute Gasteiger partial charge is 0.186 e. The maximum atomic E-state index is 13.5.